The molecule has 21 heavy (non-hydrogen) atoms. The number of rotatable bonds is 6. The summed E-state index contributed by atoms with van der Waals surface area (Å²) in [6.45, 7) is 9.20. The summed E-state index contributed by atoms with van der Waals surface area (Å²) < 4.78 is 0. The molecule has 0 amide bonds. The van der Waals surface area contributed by atoms with Crippen molar-refractivity contribution in [3.05, 3.63) is 70.8 Å². The van der Waals surface area contributed by atoms with Crippen molar-refractivity contribution in [3.8, 4) is 0 Å². The summed E-state index contributed by atoms with van der Waals surface area (Å²) in [5.74, 6) is 0. The van der Waals surface area contributed by atoms with Crippen molar-refractivity contribution >= 4 is 0 Å². The van der Waals surface area contributed by atoms with E-state index in [9.17, 15) is 0 Å². The molecule has 0 heterocycles. The lowest BCUT2D eigenvalue weighted by molar-refractivity contribution is 0.403. The molecule has 2 aromatic carbocycles. The van der Waals surface area contributed by atoms with Gasteiger partial charge < -0.3 is 0 Å². The largest absolute Gasteiger partial charge is 0.0645 e. The second-order valence-electron chi connectivity index (χ2n) is 6.51. The van der Waals surface area contributed by atoms with Crippen LogP contribution in [0.1, 0.15) is 55.4 Å². The molecule has 0 saturated heterocycles. The van der Waals surface area contributed by atoms with Crippen molar-refractivity contribution < 1.29 is 0 Å². The SMILES string of the molecule is CCC(C)(CCCc1ccccc1C)c1ccccc1C. The summed E-state index contributed by atoms with van der Waals surface area (Å²) in [5, 5.41) is 0. The lowest BCUT2D eigenvalue weighted by Gasteiger charge is -2.31. The zero-order valence-corrected chi connectivity index (χ0v) is 13.9. The molecule has 0 aromatic heterocycles. The molecule has 0 aliphatic carbocycles. The van der Waals surface area contributed by atoms with E-state index >= 15 is 0 Å². The molecular weight excluding hydrogens is 252 g/mol. The van der Waals surface area contributed by atoms with Crippen LogP contribution in [0.4, 0.5) is 0 Å². The predicted molar refractivity (Wildman–Crippen MR) is 92.9 cm³/mol. The molecule has 0 radical (unpaired) electrons. The third-order valence-electron chi connectivity index (χ3n) is 5.01. The minimum atomic E-state index is 0.300. The Morgan fingerprint density at radius 2 is 1.48 bits per heavy atom. The maximum atomic E-state index is 2.42. The normalized spacial score (nSPS) is 13.9. The molecule has 0 bridgehead atoms. The van der Waals surface area contributed by atoms with Crippen LogP contribution in [-0.2, 0) is 11.8 Å². The van der Waals surface area contributed by atoms with Gasteiger partial charge in [-0.1, -0.05) is 62.4 Å². The molecule has 0 fully saturated rings. The van der Waals surface area contributed by atoms with Crippen LogP contribution in [-0.4, -0.2) is 0 Å². The third kappa shape index (κ3) is 3.75. The highest BCUT2D eigenvalue weighted by atomic mass is 14.3. The van der Waals surface area contributed by atoms with Crippen LogP contribution < -0.4 is 0 Å². The highest BCUT2D eigenvalue weighted by molar-refractivity contribution is 5.33. The van der Waals surface area contributed by atoms with E-state index < -0.39 is 0 Å². The summed E-state index contributed by atoms with van der Waals surface area (Å²) in [5.41, 5.74) is 6.18. The van der Waals surface area contributed by atoms with Gasteiger partial charge >= 0.3 is 0 Å². The van der Waals surface area contributed by atoms with Crippen molar-refractivity contribution in [2.45, 2.75) is 58.8 Å². The van der Waals surface area contributed by atoms with E-state index in [1.165, 1.54) is 47.9 Å². The topological polar surface area (TPSA) is 0 Å². The quantitative estimate of drug-likeness (QED) is 0.609. The Balaban J connectivity index is 2.06. The molecule has 0 N–H and O–H groups in total. The minimum Gasteiger partial charge on any atom is -0.0645 e. The zero-order valence-electron chi connectivity index (χ0n) is 13.9. The van der Waals surface area contributed by atoms with Gasteiger partial charge in [-0.2, -0.15) is 0 Å². The van der Waals surface area contributed by atoms with Gasteiger partial charge in [-0.15, -0.1) is 0 Å². The number of benzene rings is 2. The molecule has 0 nitrogen and oxygen atoms in total. The van der Waals surface area contributed by atoms with E-state index in [2.05, 4.69) is 76.2 Å². The molecule has 0 heteroatoms. The Kier molecular flexibility index (Phi) is 5.22. The van der Waals surface area contributed by atoms with E-state index in [1.807, 2.05) is 0 Å². The second kappa shape index (κ2) is 6.93. The van der Waals surface area contributed by atoms with Gasteiger partial charge in [-0.3, -0.25) is 0 Å². The number of aryl methyl sites for hydroxylation is 3. The van der Waals surface area contributed by atoms with Crippen LogP contribution in [0, 0.1) is 13.8 Å². The van der Waals surface area contributed by atoms with Crippen LogP contribution in [0.3, 0.4) is 0 Å². The van der Waals surface area contributed by atoms with E-state index in [-0.39, 0.29) is 0 Å². The zero-order chi connectivity index (χ0) is 15.3. The van der Waals surface area contributed by atoms with E-state index in [1.54, 1.807) is 0 Å². The summed E-state index contributed by atoms with van der Waals surface area (Å²) in [6.07, 6.45) is 4.89. The smallest absolute Gasteiger partial charge is 0.00751 e. The van der Waals surface area contributed by atoms with Crippen molar-refractivity contribution in [2.75, 3.05) is 0 Å². The van der Waals surface area contributed by atoms with Crippen molar-refractivity contribution in [1.82, 2.24) is 0 Å². The highest BCUT2D eigenvalue weighted by Gasteiger charge is 2.25. The van der Waals surface area contributed by atoms with Gasteiger partial charge in [0, 0.05) is 0 Å². The van der Waals surface area contributed by atoms with E-state index in [0.717, 1.165) is 0 Å². The van der Waals surface area contributed by atoms with Gasteiger partial charge in [-0.05, 0) is 67.2 Å². The van der Waals surface area contributed by atoms with Gasteiger partial charge in [0.05, 0.1) is 0 Å². The standard InChI is InChI=1S/C21H28/c1-5-21(4,20-15-9-7-12-18(20)3)16-10-14-19-13-8-6-11-17(19)2/h6-9,11-13,15H,5,10,14,16H2,1-4H3. The molecule has 112 valence electrons. The van der Waals surface area contributed by atoms with Crippen LogP contribution in [0.5, 0.6) is 0 Å². The van der Waals surface area contributed by atoms with Crippen molar-refractivity contribution in [3.63, 3.8) is 0 Å². The summed E-state index contributed by atoms with van der Waals surface area (Å²) >= 11 is 0. The van der Waals surface area contributed by atoms with Crippen LogP contribution in [0.25, 0.3) is 0 Å². The average Bonchev–Trinajstić information content (AvgIpc) is 2.49. The molecule has 0 aliphatic heterocycles. The Labute approximate surface area is 130 Å². The number of hydrogen-bond acceptors (Lipinski definition) is 0. The molecule has 0 spiro atoms. The fraction of sp³-hybridized carbons (Fsp3) is 0.429. The van der Waals surface area contributed by atoms with Crippen LogP contribution in [0.2, 0.25) is 0 Å². The van der Waals surface area contributed by atoms with Gasteiger partial charge in [0.2, 0.25) is 0 Å². The predicted octanol–water partition coefficient (Wildman–Crippen LogP) is 5.99. The van der Waals surface area contributed by atoms with Crippen molar-refractivity contribution in [1.29, 1.82) is 0 Å². The maximum absolute atomic E-state index is 2.42. The van der Waals surface area contributed by atoms with Gasteiger partial charge in [0.15, 0.2) is 0 Å². The Morgan fingerprint density at radius 1 is 0.857 bits per heavy atom. The fourth-order valence-corrected chi connectivity index (χ4v) is 3.31. The summed E-state index contributed by atoms with van der Waals surface area (Å²) in [6, 6.07) is 17.6. The Morgan fingerprint density at radius 3 is 2.10 bits per heavy atom. The van der Waals surface area contributed by atoms with Crippen molar-refractivity contribution in [2.24, 2.45) is 0 Å². The van der Waals surface area contributed by atoms with E-state index in [0.29, 0.717) is 5.41 Å². The molecule has 0 saturated carbocycles. The first kappa shape index (κ1) is 15.8. The number of hydrogen-bond donors (Lipinski definition) is 0. The minimum absolute atomic E-state index is 0.300. The summed E-state index contributed by atoms with van der Waals surface area (Å²) in [4.78, 5) is 0. The van der Waals surface area contributed by atoms with Gasteiger partial charge in [-0.25, -0.2) is 0 Å². The van der Waals surface area contributed by atoms with Crippen LogP contribution >= 0.6 is 0 Å². The first-order valence-corrected chi connectivity index (χ1v) is 8.17. The first-order chi connectivity index (χ1) is 10.1. The lowest BCUT2D eigenvalue weighted by atomic mass is 9.74. The monoisotopic (exact) mass is 280 g/mol. The van der Waals surface area contributed by atoms with Gasteiger partial charge in [0.1, 0.15) is 0 Å². The van der Waals surface area contributed by atoms with Crippen LogP contribution in [0.15, 0.2) is 48.5 Å². The molecule has 1 unspecified atom stereocenters. The van der Waals surface area contributed by atoms with Gasteiger partial charge in [0.25, 0.3) is 0 Å². The van der Waals surface area contributed by atoms with E-state index in [4.69, 9.17) is 0 Å². The second-order valence-corrected chi connectivity index (χ2v) is 6.51. The average molecular weight is 280 g/mol. The fourth-order valence-electron chi connectivity index (χ4n) is 3.31. The first-order valence-electron chi connectivity index (χ1n) is 8.17. The molecular formula is C21H28. The third-order valence-corrected chi connectivity index (χ3v) is 5.01. The highest BCUT2D eigenvalue weighted by Crippen LogP contribution is 2.35. The Hall–Kier alpha value is -1.56. The molecule has 0 aliphatic rings. The lowest BCUT2D eigenvalue weighted by Crippen LogP contribution is -2.22. The molecule has 2 rings (SSSR count). The molecule has 2 aromatic rings. The maximum Gasteiger partial charge on any atom is -0.00751 e. The Bertz CT molecular complexity index is 582. The molecule has 1 atom stereocenters. The summed E-state index contributed by atoms with van der Waals surface area (Å²) in [7, 11) is 0.